The van der Waals surface area contributed by atoms with Crippen LogP contribution in [0.2, 0.25) is 0 Å². The van der Waals surface area contributed by atoms with E-state index in [0.29, 0.717) is 16.5 Å². The minimum atomic E-state index is -0.0299. The highest BCUT2D eigenvalue weighted by atomic mass is 32.1. The van der Waals surface area contributed by atoms with E-state index >= 15 is 0 Å². The van der Waals surface area contributed by atoms with Crippen molar-refractivity contribution in [2.45, 2.75) is 53.9 Å². The summed E-state index contributed by atoms with van der Waals surface area (Å²) in [6, 6.07) is 6.35. The van der Waals surface area contributed by atoms with Crippen LogP contribution in [0.3, 0.4) is 0 Å². The third-order valence-electron chi connectivity index (χ3n) is 6.15. The normalized spacial score (nSPS) is 16.5. The van der Waals surface area contributed by atoms with Gasteiger partial charge >= 0.3 is 0 Å². The van der Waals surface area contributed by atoms with Crippen molar-refractivity contribution in [2.24, 2.45) is 11.3 Å². The van der Waals surface area contributed by atoms with Crippen LogP contribution >= 0.6 is 22.7 Å². The van der Waals surface area contributed by atoms with Crippen molar-refractivity contribution in [2.75, 3.05) is 5.32 Å². The van der Waals surface area contributed by atoms with Gasteiger partial charge in [-0.2, -0.15) is 0 Å². The van der Waals surface area contributed by atoms with E-state index in [-0.39, 0.29) is 5.91 Å². The standard InChI is InChI=1S/C24H28N2OS2/c1-14-6-7-16(10-15(14)2)20-13-29-23(25-20)26-22(27)19-12-28-21-11-17(24(3,4)5)8-9-18(19)21/h6-7,10,12-13,17H,8-9,11H2,1-5H3,(H,25,26,27). The second-order valence-corrected chi connectivity index (χ2v) is 11.0. The molecule has 1 atom stereocenters. The molecule has 1 aliphatic carbocycles. The molecule has 152 valence electrons. The molecule has 0 saturated carbocycles. The Labute approximate surface area is 181 Å². The number of hydrogen-bond donors (Lipinski definition) is 1. The number of aromatic nitrogens is 1. The lowest BCUT2D eigenvalue weighted by Crippen LogP contribution is -2.27. The zero-order chi connectivity index (χ0) is 20.8. The van der Waals surface area contributed by atoms with Gasteiger partial charge < -0.3 is 0 Å². The first-order chi connectivity index (χ1) is 13.7. The largest absolute Gasteiger partial charge is 0.298 e. The van der Waals surface area contributed by atoms with E-state index in [1.165, 1.54) is 32.9 Å². The topological polar surface area (TPSA) is 42.0 Å². The van der Waals surface area contributed by atoms with Crippen molar-refractivity contribution in [1.82, 2.24) is 4.98 Å². The molecule has 4 rings (SSSR count). The summed E-state index contributed by atoms with van der Waals surface area (Å²) in [6.45, 7) is 11.2. The van der Waals surface area contributed by atoms with Crippen molar-refractivity contribution in [1.29, 1.82) is 0 Å². The third kappa shape index (κ3) is 4.17. The first kappa shape index (κ1) is 20.3. The molecule has 2 aromatic heterocycles. The monoisotopic (exact) mass is 424 g/mol. The SMILES string of the molecule is Cc1ccc(-c2csc(NC(=O)c3csc4c3CCC(C(C)(C)C)C4)n2)cc1C. The molecule has 1 unspecified atom stereocenters. The molecule has 5 heteroatoms. The summed E-state index contributed by atoms with van der Waals surface area (Å²) in [7, 11) is 0. The molecule has 1 N–H and O–H groups in total. The zero-order valence-electron chi connectivity index (χ0n) is 17.8. The summed E-state index contributed by atoms with van der Waals surface area (Å²) >= 11 is 3.22. The Kier molecular flexibility index (Phi) is 5.38. The van der Waals surface area contributed by atoms with E-state index in [1.807, 2.05) is 10.8 Å². The van der Waals surface area contributed by atoms with Gasteiger partial charge in [0.2, 0.25) is 0 Å². The van der Waals surface area contributed by atoms with Crippen molar-refractivity contribution >= 4 is 33.7 Å². The van der Waals surface area contributed by atoms with Crippen LogP contribution in [-0.4, -0.2) is 10.9 Å². The molecule has 0 spiro atoms. The molecule has 29 heavy (non-hydrogen) atoms. The number of aryl methyl sites for hydroxylation is 2. The number of thiophene rings is 1. The van der Waals surface area contributed by atoms with Crippen molar-refractivity contribution in [3.05, 3.63) is 56.1 Å². The molecule has 0 bridgehead atoms. The Bertz CT molecular complexity index is 1060. The summed E-state index contributed by atoms with van der Waals surface area (Å²) in [5.41, 5.74) is 6.92. The highest BCUT2D eigenvalue weighted by Gasteiger charge is 2.31. The number of nitrogens with zero attached hydrogens (tertiary/aromatic N) is 1. The Morgan fingerprint density at radius 1 is 1.14 bits per heavy atom. The number of carbonyl (C=O) groups excluding carboxylic acids is 1. The number of amides is 1. The minimum Gasteiger partial charge on any atom is -0.298 e. The van der Waals surface area contributed by atoms with Gasteiger partial charge in [0.05, 0.1) is 11.3 Å². The second kappa shape index (κ2) is 7.69. The fourth-order valence-corrected chi connectivity index (χ4v) is 5.85. The van der Waals surface area contributed by atoms with E-state index in [0.717, 1.165) is 36.1 Å². The number of anilines is 1. The lowest BCUT2D eigenvalue weighted by atomic mass is 9.72. The van der Waals surface area contributed by atoms with Gasteiger partial charge in [0, 0.05) is 21.2 Å². The predicted molar refractivity (Wildman–Crippen MR) is 124 cm³/mol. The van der Waals surface area contributed by atoms with Crippen LogP contribution in [0.25, 0.3) is 11.3 Å². The summed E-state index contributed by atoms with van der Waals surface area (Å²) in [6.07, 6.45) is 3.24. The van der Waals surface area contributed by atoms with Gasteiger partial charge in [-0.15, -0.1) is 22.7 Å². The lowest BCUT2D eigenvalue weighted by Gasteiger charge is -2.34. The number of fused-ring (bicyclic) bond motifs is 1. The van der Waals surface area contributed by atoms with Crippen LogP contribution in [0.5, 0.6) is 0 Å². The average Bonchev–Trinajstić information content (AvgIpc) is 3.29. The molecule has 0 fully saturated rings. The molecule has 1 amide bonds. The van der Waals surface area contributed by atoms with E-state index in [2.05, 4.69) is 63.1 Å². The number of carbonyl (C=O) groups is 1. The van der Waals surface area contributed by atoms with Gasteiger partial charge in [0.15, 0.2) is 5.13 Å². The molecular formula is C24H28N2OS2. The van der Waals surface area contributed by atoms with Crippen LogP contribution in [0.4, 0.5) is 5.13 Å². The molecule has 2 heterocycles. The van der Waals surface area contributed by atoms with Gasteiger partial charge in [-0.25, -0.2) is 4.98 Å². The molecule has 1 aliphatic rings. The van der Waals surface area contributed by atoms with Crippen molar-refractivity contribution < 1.29 is 4.79 Å². The van der Waals surface area contributed by atoms with Gasteiger partial charge in [-0.3, -0.25) is 10.1 Å². The first-order valence-corrected chi connectivity index (χ1v) is 11.9. The summed E-state index contributed by atoms with van der Waals surface area (Å²) in [5, 5.41) is 7.73. The van der Waals surface area contributed by atoms with E-state index in [9.17, 15) is 4.79 Å². The second-order valence-electron chi connectivity index (χ2n) is 9.15. The molecule has 0 aliphatic heterocycles. The maximum atomic E-state index is 12.9. The van der Waals surface area contributed by atoms with Gasteiger partial charge in [0.1, 0.15) is 0 Å². The quantitative estimate of drug-likeness (QED) is 0.497. The first-order valence-electron chi connectivity index (χ1n) is 10.2. The van der Waals surface area contributed by atoms with Crippen LogP contribution < -0.4 is 5.32 Å². The van der Waals surface area contributed by atoms with E-state index < -0.39 is 0 Å². The maximum Gasteiger partial charge on any atom is 0.258 e. The number of rotatable bonds is 3. The molecular weight excluding hydrogens is 396 g/mol. The molecule has 0 radical (unpaired) electrons. The van der Waals surface area contributed by atoms with Crippen LogP contribution in [0, 0.1) is 25.2 Å². The fourth-order valence-electron chi connectivity index (χ4n) is 3.97. The average molecular weight is 425 g/mol. The van der Waals surface area contributed by atoms with Gasteiger partial charge in [0.25, 0.3) is 5.91 Å². The third-order valence-corrected chi connectivity index (χ3v) is 7.96. The molecule has 0 saturated heterocycles. The van der Waals surface area contributed by atoms with E-state index in [4.69, 9.17) is 0 Å². The Hall–Kier alpha value is -1.98. The molecule has 1 aromatic carbocycles. The molecule has 3 aromatic rings. The minimum absolute atomic E-state index is 0.0299. The van der Waals surface area contributed by atoms with Crippen LogP contribution in [-0.2, 0) is 12.8 Å². The fraction of sp³-hybridized carbons (Fsp3) is 0.417. The summed E-state index contributed by atoms with van der Waals surface area (Å²) in [5.74, 6) is 0.654. The smallest absolute Gasteiger partial charge is 0.258 e. The number of thiazole rings is 1. The maximum absolute atomic E-state index is 12.9. The number of hydrogen-bond acceptors (Lipinski definition) is 4. The van der Waals surface area contributed by atoms with Crippen molar-refractivity contribution in [3.8, 4) is 11.3 Å². The lowest BCUT2D eigenvalue weighted by molar-refractivity contribution is 0.102. The zero-order valence-corrected chi connectivity index (χ0v) is 19.4. The summed E-state index contributed by atoms with van der Waals surface area (Å²) in [4.78, 5) is 19.0. The number of nitrogens with one attached hydrogen (secondary N) is 1. The Morgan fingerprint density at radius 2 is 1.93 bits per heavy atom. The predicted octanol–water partition coefficient (Wildman–Crippen LogP) is 6.89. The van der Waals surface area contributed by atoms with Gasteiger partial charge in [-0.05, 0) is 67.2 Å². The molecule has 3 nitrogen and oxygen atoms in total. The van der Waals surface area contributed by atoms with Crippen molar-refractivity contribution in [3.63, 3.8) is 0 Å². The van der Waals surface area contributed by atoms with Crippen LogP contribution in [0.15, 0.2) is 29.0 Å². The highest BCUT2D eigenvalue weighted by molar-refractivity contribution is 7.14. The van der Waals surface area contributed by atoms with Gasteiger partial charge in [-0.1, -0.05) is 32.9 Å². The number of benzene rings is 1. The Balaban J connectivity index is 1.49. The highest BCUT2D eigenvalue weighted by Crippen LogP contribution is 2.40. The summed E-state index contributed by atoms with van der Waals surface area (Å²) < 4.78 is 0. The van der Waals surface area contributed by atoms with E-state index in [1.54, 1.807) is 11.3 Å². The van der Waals surface area contributed by atoms with Crippen LogP contribution in [0.1, 0.15) is 59.1 Å². The Morgan fingerprint density at radius 3 is 2.66 bits per heavy atom.